The van der Waals surface area contributed by atoms with Gasteiger partial charge in [0.25, 0.3) is 0 Å². The quantitative estimate of drug-likeness (QED) is 0.841. The number of nitrogens with one attached hydrogen (secondary N) is 1. The molecule has 1 heterocycles. The minimum atomic E-state index is -0.0141. The van der Waals surface area contributed by atoms with Crippen LogP contribution in [-0.4, -0.2) is 20.8 Å². The number of ether oxygens (including phenoxy) is 2. The molecule has 20 heavy (non-hydrogen) atoms. The Morgan fingerprint density at radius 2 is 1.85 bits per heavy atom. The van der Waals surface area contributed by atoms with Gasteiger partial charge in [-0.1, -0.05) is 13.0 Å². The van der Waals surface area contributed by atoms with Crippen LogP contribution in [0, 0.1) is 0 Å². The van der Waals surface area contributed by atoms with E-state index in [4.69, 9.17) is 13.9 Å². The maximum atomic E-state index is 5.50. The molecule has 4 nitrogen and oxygen atoms in total. The summed E-state index contributed by atoms with van der Waals surface area (Å²) < 4.78 is 16.2. The van der Waals surface area contributed by atoms with E-state index in [0.717, 1.165) is 35.6 Å². The molecule has 0 fully saturated rings. The first-order valence-electron chi connectivity index (χ1n) is 6.78. The maximum Gasteiger partial charge on any atom is 0.127 e. The Balaban J connectivity index is 2.47. The molecular formula is C16H21NO3. The number of furan rings is 1. The second-order valence-electron chi connectivity index (χ2n) is 4.52. The Morgan fingerprint density at radius 3 is 2.35 bits per heavy atom. The maximum absolute atomic E-state index is 5.50. The molecule has 0 saturated carbocycles. The van der Waals surface area contributed by atoms with Gasteiger partial charge >= 0.3 is 0 Å². The first-order valence-corrected chi connectivity index (χ1v) is 6.78. The summed E-state index contributed by atoms with van der Waals surface area (Å²) in [4.78, 5) is 0. The summed E-state index contributed by atoms with van der Waals surface area (Å²) in [6.07, 6.45) is 4.48. The largest absolute Gasteiger partial charge is 0.496 e. The van der Waals surface area contributed by atoms with E-state index in [1.54, 1.807) is 26.7 Å². The zero-order chi connectivity index (χ0) is 14.4. The highest BCUT2D eigenvalue weighted by Gasteiger charge is 2.22. The molecule has 1 N–H and O–H groups in total. The number of rotatable bonds is 7. The molecule has 1 aromatic carbocycles. The summed E-state index contributed by atoms with van der Waals surface area (Å²) in [5, 5.41) is 3.52. The molecule has 2 aromatic rings. The van der Waals surface area contributed by atoms with Gasteiger partial charge in [-0.05, 0) is 31.2 Å². The summed E-state index contributed by atoms with van der Waals surface area (Å²) in [6.45, 7) is 3.04. The zero-order valence-corrected chi connectivity index (χ0v) is 12.2. The molecule has 2 rings (SSSR count). The van der Waals surface area contributed by atoms with Crippen LogP contribution in [0.15, 0.2) is 41.2 Å². The van der Waals surface area contributed by atoms with E-state index in [9.17, 15) is 0 Å². The Labute approximate surface area is 119 Å². The van der Waals surface area contributed by atoms with Gasteiger partial charge in [0.15, 0.2) is 0 Å². The third-order valence-electron chi connectivity index (χ3n) is 3.23. The fourth-order valence-corrected chi connectivity index (χ4v) is 2.28. The lowest BCUT2D eigenvalue weighted by atomic mass is 9.98. The van der Waals surface area contributed by atoms with Crippen LogP contribution in [0.5, 0.6) is 11.5 Å². The van der Waals surface area contributed by atoms with Crippen LogP contribution in [0.25, 0.3) is 0 Å². The van der Waals surface area contributed by atoms with Crippen molar-refractivity contribution in [3.63, 3.8) is 0 Å². The first-order chi connectivity index (χ1) is 9.81. The molecule has 0 bridgehead atoms. The van der Waals surface area contributed by atoms with E-state index in [2.05, 4.69) is 12.2 Å². The van der Waals surface area contributed by atoms with Crippen molar-refractivity contribution < 1.29 is 13.9 Å². The fraction of sp³-hybridized carbons (Fsp3) is 0.375. The van der Waals surface area contributed by atoms with Crippen LogP contribution in [0.2, 0.25) is 0 Å². The normalized spacial score (nSPS) is 12.2. The lowest BCUT2D eigenvalue weighted by molar-refractivity contribution is 0.376. The van der Waals surface area contributed by atoms with Crippen LogP contribution >= 0.6 is 0 Å². The highest BCUT2D eigenvalue weighted by Crippen LogP contribution is 2.37. The molecule has 0 aliphatic heterocycles. The van der Waals surface area contributed by atoms with Gasteiger partial charge in [-0.15, -0.1) is 0 Å². The predicted octanol–water partition coefficient (Wildman–Crippen LogP) is 3.39. The van der Waals surface area contributed by atoms with Crippen LogP contribution in [0.3, 0.4) is 0 Å². The summed E-state index contributed by atoms with van der Waals surface area (Å²) in [5.74, 6) is 1.61. The van der Waals surface area contributed by atoms with Gasteiger partial charge in [0.2, 0.25) is 0 Å². The van der Waals surface area contributed by atoms with Crippen LogP contribution in [0.4, 0.5) is 0 Å². The van der Waals surface area contributed by atoms with Crippen molar-refractivity contribution in [2.75, 3.05) is 20.8 Å². The molecule has 0 spiro atoms. The van der Waals surface area contributed by atoms with Crippen LogP contribution in [-0.2, 0) is 0 Å². The topological polar surface area (TPSA) is 43.6 Å². The zero-order valence-electron chi connectivity index (χ0n) is 12.2. The van der Waals surface area contributed by atoms with Crippen molar-refractivity contribution in [3.05, 3.63) is 47.9 Å². The molecule has 1 aromatic heterocycles. The van der Waals surface area contributed by atoms with Crippen molar-refractivity contribution >= 4 is 0 Å². The van der Waals surface area contributed by atoms with Crippen LogP contribution in [0.1, 0.15) is 30.5 Å². The number of hydrogen-bond acceptors (Lipinski definition) is 4. The smallest absolute Gasteiger partial charge is 0.127 e. The average molecular weight is 275 g/mol. The minimum absolute atomic E-state index is 0.0141. The first kappa shape index (κ1) is 14.5. The summed E-state index contributed by atoms with van der Waals surface area (Å²) in [7, 11) is 3.34. The Morgan fingerprint density at radius 1 is 1.15 bits per heavy atom. The second kappa shape index (κ2) is 7.01. The molecule has 0 radical (unpaired) electrons. The Hall–Kier alpha value is -1.94. The number of hydrogen-bond donors (Lipinski definition) is 1. The van der Waals surface area contributed by atoms with E-state index < -0.39 is 0 Å². The monoisotopic (exact) mass is 275 g/mol. The van der Waals surface area contributed by atoms with Gasteiger partial charge in [-0.3, -0.25) is 0 Å². The lowest BCUT2D eigenvalue weighted by Gasteiger charge is -2.22. The molecule has 0 aliphatic carbocycles. The summed E-state index contributed by atoms with van der Waals surface area (Å²) in [6, 6.07) is 7.75. The van der Waals surface area contributed by atoms with E-state index in [1.807, 2.05) is 24.3 Å². The van der Waals surface area contributed by atoms with E-state index in [0.29, 0.717) is 0 Å². The van der Waals surface area contributed by atoms with Crippen molar-refractivity contribution in [2.24, 2.45) is 0 Å². The molecule has 108 valence electrons. The lowest BCUT2D eigenvalue weighted by Crippen LogP contribution is -2.23. The molecule has 0 saturated heterocycles. The third-order valence-corrected chi connectivity index (χ3v) is 3.23. The van der Waals surface area contributed by atoms with Crippen molar-refractivity contribution in [3.8, 4) is 11.5 Å². The van der Waals surface area contributed by atoms with Crippen molar-refractivity contribution in [2.45, 2.75) is 19.4 Å². The highest BCUT2D eigenvalue weighted by molar-refractivity contribution is 5.50. The third kappa shape index (κ3) is 2.96. The van der Waals surface area contributed by atoms with E-state index in [1.165, 1.54) is 0 Å². The van der Waals surface area contributed by atoms with Gasteiger partial charge in [0.1, 0.15) is 11.5 Å². The second-order valence-corrected chi connectivity index (χ2v) is 4.52. The number of methoxy groups -OCH3 is 2. The fourth-order valence-electron chi connectivity index (χ4n) is 2.28. The highest BCUT2D eigenvalue weighted by atomic mass is 16.5. The average Bonchev–Trinajstić information content (AvgIpc) is 3.01. The molecule has 1 atom stereocenters. The molecular weight excluding hydrogens is 254 g/mol. The minimum Gasteiger partial charge on any atom is -0.496 e. The number of benzene rings is 1. The predicted molar refractivity (Wildman–Crippen MR) is 78.4 cm³/mol. The summed E-state index contributed by atoms with van der Waals surface area (Å²) >= 11 is 0. The molecule has 0 aliphatic rings. The van der Waals surface area contributed by atoms with Gasteiger partial charge in [-0.2, -0.15) is 0 Å². The van der Waals surface area contributed by atoms with E-state index >= 15 is 0 Å². The molecule has 0 amide bonds. The van der Waals surface area contributed by atoms with Gasteiger partial charge in [-0.25, -0.2) is 0 Å². The van der Waals surface area contributed by atoms with Crippen molar-refractivity contribution in [1.29, 1.82) is 0 Å². The van der Waals surface area contributed by atoms with Gasteiger partial charge in [0, 0.05) is 5.56 Å². The van der Waals surface area contributed by atoms with E-state index in [-0.39, 0.29) is 6.04 Å². The summed E-state index contributed by atoms with van der Waals surface area (Å²) in [5.41, 5.74) is 2.05. The molecule has 4 heteroatoms. The molecule has 1 unspecified atom stereocenters. The SMILES string of the molecule is CCCNC(c1ccoc1)c1c(OC)cccc1OC. The van der Waals surface area contributed by atoms with Crippen molar-refractivity contribution in [1.82, 2.24) is 5.32 Å². The Kier molecular flexibility index (Phi) is 5.07. The van der Waals surface area contributed by atoms with Gasteiger partial charge in [0.05, 0.1) is 38.4 Å². The van der Waals surface area contributed by atoms with Crippen LogP contribution < -0.4 is 14.8 Å². The standard InChI is InChI=1S/C16H21NO3/c1-4-9-17-16(12-8-10-20-11-12)15-13(18-2)6-5-7-14(15)19-3/h5-8,10-11,16-17H,4,9H2,1-3H3. The van der Waals surface area contributed by atoms with Gasteiger partial charge < -0.3 is 19.2 Å². The Bertz CT molecular complexity index is 500.